The summed E-state index contributed by atoms with van der Waals surface area (Å²) in [5.41, 5.74) is -0.434. The molecule has 1 saturated heterocycles. The quantitative estimate of drug-likeness (QED) is 0.900. The lowest BCUT2D eigenvalue weighted by atomic mass is 9.90. The molecule has 7 heteroatoms. The first-order chi connectivity index (χ1) is 11.5. The lowest BCUT2D eigenvalue weighted by Gasteiger charge is -2.48. The summed E-state index contributed by atoms with van der Waals surface area (Å²) in [7, 11) is 0. The minimum atomic E-state index is -1.03. The number of ether oxygens (including phenoxy) is 2. The molecule has 1 N–H and O–H groups in total. The Labute approximate surface area is 146 Å². The van der Waals surface area contributed by atoms with E-state index in [1.807, 2.05) is 13.0 Å². The van der Waals surface area contributed by atoms with Crippen molar-refractivity contribution in [3.05, 3.63) is 29.3 Å². The molecule has 0 unspecified atom stereocenters. The van der Waals surface area contributed by atoms with E-state index in [9.17, 15) is 14.7 Å². The fourth-order valence-corrected chi connectivity index (χ4v) is 2.61. The summed E-state index contributed by atoms with van der Waals surface area (Å²) in [5, 5.41) is 18.2. The number of carbonyl (C=O) groups is 2. The van der Waals surface area contributed by atoms with Gasteiger partial charge < -0.3 is 14.6 Å². The molecule has 0 aliphatic carbocycles. The van der Waals surface area contributed by atoms with Gasteiger partial charge in [-0.15, -0.1) is 0 Å². The molecule has 1 aromatic rings. The molecular formula is C18H22N2O5. The summed E-state index contributed by atoms with van der Waals surface area (Å²) in [5.74, 6) is -0.568. The lowest BCUT2D eigenvalue weighted by Crippen LogP contribution is -2.67. The van der Waals surface area contributed by atoms with Crippen molar-refractivity contribution in [1.29, 1.82) is 5.26 Å². The number of aryl methyl sites for hydroxylation is 1. The van der Waals surface area contributed by atoms with Gasteiger partial charge >= 0.3 is 12.1 Å². The van der Waals surface area contributed by atoms with Gasteiger partial charge in [0, 0.05) is 0 Å². The van der Waals surface area contributed by atoms with Crippen molar-refractivity contribution in [3.8, 4) is 11.8 Å². The maximum absolute atomic E-state index is 12.1. The number of benzene rings is 1. The first kappa shape index (κ1) is 18.6. The third-order valence-corrected chi connectivity index (χ3v) is 3.73. The Morgan fingerprint density at radius 3 is 2.52 bits per heavy atom. The Balaban J connectivity index is 2.15. The van der Waals surface area contributed by atoms with E-state index in [1.54, 1.807) is 39.0 Å². The van der Waals surface area contributed by atoms with Crippen LogP contribution >= 0.6 is 0 Å². The van der Waals surface area contributed by atoms with Crippen LogP contribution in [0.1, 0.15) is 38.3 Å². The molecule has 0 saturated carbocycles. The van der Waals surface area contributed by atoms with Gasteiger partial charge in [0.15, 0.2) is 5.60 Å². The molecular weight excluding hydrogens is 324 g/mol. The molecule has 25 heavy (non-hydrogen) atoms. The highest BCUT2D eigenvalue weighted by Crippen LogP contribution is 2.34. The third kappa shape index (κ3) is 4.63. The number of amides is 1. The zero-order valence-electron chi connectivity index (χ0n) is 14.8. The second-order valence-corrected chi connectivity index (χ2v) is 7.28. The molecule has 2 rings (SSSR count). The Kier molecular flexibility index (Phi) is 4.93. The molecule has 7 nitrogen and oxygen atoms in total. The number of nitriles is 1. The summed E-state index contributed by atoms with van der Waals surface area (Å²) in [6, 6.07) is 7.02. The average Bonchev–Trinajstić information content (AvgIpc) is 2.43. The molecule has 0 bridgehead atoms. The zero-order chi connectivity index (χ0) is 18.8. The monoisotopic (exact) mass is 346 g/mol. The van der Waals surface area contributed by atoms with Gasteiger partial charge in [-0.05, 0) is 45.4 Å². The molecule has 0 aromatic heterocycles. The number of aliphatic carboxylic acids is 1. The number of rotatable bonds is 4. The van der Waals surface area contributed by atoms with Crippen LogP contribution < -0.4 is 4.74 Å². The van der Waals surface area contributed by atoms with E-state index in [2.05, 4.69) is 0 Å². The summed E-state index contributed by atoms with van der Waals surface area (Å²) >= 11 is 0. The third-order valence-electron chi connectivity index (χ3n) is 3.73. The number of carbonyl (C=O) groups excluding carboxylic acids is 1. The van der Waals surface area contributed by atoms with Crippen LogP contribution in [0, 0.1) is 18.3 Å². The fraction of sp³-hybridized carbons (Fsp3) is 0.500. The van der Waals surface area contributed by atoms with Gasteiger partial charge in [0.25, 0.3) is 0 Å². The molecule has 1 fully saturated rings. The highest BCUT2D eigenvalue weighted by atomic mass is 16.6. The predicted molar refractivity (Wildman–Crippen MR) is 89.3 cm³/mol. The molecule has 0 atom stereocenters. The van der Waals surface area contributed by atoms with E-state index in [0.29, 0.717) is 11.3 Å². The summed E-state index contributed by atoms with van der Waals surface area (Å²) in [6.07, 6.45) is -0.748. The molecule has 0 radical (unpaired) electrons. The highest BCUT2D eigenvalue weighted by Gasteiger charge is 2.50. The largest absolute Gasteiger partial charge is 0.483 e. The fourth-order valence-electron chi connectivity index (χ4n) is 2.61. The molecule has 1 aliphatic heterocycles. The minimum Gasteiger partial charge on any atom is -0.483 e. The van der Waals surface area contributed by atoms with Crippen molar-refractivity contribution in [2.45, 2.75) is 45.3 Å². The molecule has 134 valence electrons. The van der Waals surface area contributed by atoms with Crippen LogP contribution in [0.2, 0.25) is 0 Å². The summed E-state index contributed by atoms with van der Waals surface area (Å²) in [4.78, 5) is 24.8. The molecule has 1 amide bonds. The lowest BCUT2D eigenvalue weighted by molar-refractivity contribution is -0.149. The van der Waals surface area contributed by atoms with Crippen molar-refractivity contribution < 1.29 is 24.2 Å². The van der Waals surface area contributed by atoms with Crippen molar-refractivity contribution in [3.63, 3.8) is 0 Å². The summed E-state index contributed by atoms with van der Waals surface area (Å²) in [6.45, 7) is 7.34. The van der Waals surface area contributed by atoms with Crippen LogP contribution in [-0.2, 0) is 9.53 Å². The van der Waals surface area contributed by atoms with E-state index >= 15 is 0 Å². The Morgan fingerprint density at radius 1 is 1.36 bits per heavy atom. The minimum absolute atomic E-state index is 0.116. The normalized spacial score (nSPS) is 15.7. The molecule has 1 heterocycles. The van der Waals surface area contributed by atoms with Gasteiger partial charge in [-0.1, -0.05) is 6.07 Å². The number of hydrogen-bond donors (Lipinski definition) is 1. The Morgan fingerprint density at radius 2 is 2.00 bits per heavy atom. The van der Waals surface area contributed by atoms with Gasteiger partial charge in [-0.2, -0.15) is 5.26 Å². The second kappa shape index (κ2) is 6.63. The number of hydrogen-bond acceptors (Lipinski definition) is 5. The van der Waals surface area contributed by atoms with Gasteiger partial charge in [-0.25, -0.2) is 4.79 Å². The average molecular weight is 346 g/mol. The van der Waals surface area contributed by atoms with E-state index in [4.69, 9.17) is 14.7 Å². The number of likely N-dealkylation sites (tertiary alicyclic amines) is 1. The zero-order valence-corrected chi connectivity index (χ0v) is 14.8. The maximum Gasteiger partial charge on any atom is 0.410 e. The van der Waals surface area contributed by atoms with Crippen molar-refractivity contribution >= 4 is 12.1 Å². The Hall–Kier alpha value is -2.75. The van der Waals surface area contributed by atoms with Crippen molar-refractivity contribution in [2.24, 2.45) is 0 Å². The van der Waals surface area contributed by atoms with Gasteiger partial charge in [-0.3, -0.25) is 9.69 Å². The highest BCUT2D eigenvalue weighted by molar-refractivity contribution is 5.72. The van der Waals surface area contributed by atoms with Crippen molar-refractivity contribution in [2.75, 3.05) is 13.1 Å². The SMILES string of the molecule is Cc1ccc(C#N)cc1OC1(CC(=O)O)CN(C(=O)OC(C)(C)C)C1. The van der Waals surface area contributed by atoms with Crippen LogP contribution in [0.3, 0.4) is 0 Å². The van der Waals surface area contributed by atoms with Gasteiger partial charge in [0.05, 0.1) is 31.1 Å². The number of carboxylic acid groups (broad SMARTS) is 1. The van der Waals surface area contributed by atoms with Crippen molar-refractivity contribution in [1.82, 2.24) is 4.90 Å². The van der Waals surface area contributed by atoms with Crippen LogP contribution in [0.15, 0.2) is 18.2 Å². The van der Waals surface area contributed by atoms with Crippen LogP contribution in [0.25, 0.3) is 0 Å². The maximum atomic E-state index is 12.1. The number of carboxylic acids is 1. The predicted octanol–water partition coefficient (Wildman–Crippen LogP) is 2.71. The molecule has 1 aliphatic rings. The van der Waals surface area contributed by atoms with Crippen LogP contribution in [-0.4, -0.2) is 46.4 Å². The topological polar surface area (TPSA) is 99.9 Å². The van der Waals surface area contributed by atoms with Gasteiger partial charge in [0.2, 0.25) is 0 Å². The number of nitrogens with zero attached hydrogens (tertiary/aromatic N) is 2. The van der Waals surface area contributed by atoms with E-state index in [0.717, 1.165) is 5.56 Å². The first-order valence-electron chi connectivity index (χ1n) is 7.93. The molecule has 1 aromatic carbocycles. The second-order valence-electron chi connectivity index (χ2n) is 7.28. The van der Waals surface area contributed by atoms with E-state index in [1.165, 1.54) is 4.90 Å². The Bertz CT molecular complexity index is 724. The summed E-state index contributed by atoms with van der Waals surface area (Å²) < 4.78 is 11.2. The van der Waals surface area contributed by atoms with Gasteiger partial charge in [0.1, 0.15) is 11.4 Å². The molecule has 0 spiro atoms. The van der Waals surface area contributed by atoms with E-state index < -0.39 is 23.3 Å². The van der Waals surface area contributed by atoms with Crippen LogP contribution in [0.4, 0.5) is 4.79 Å². The smallest absolute Gasteiger partial charge is 0.410 e. The standard InChI is InChI=1S/C18H22N2O5/c1-12-5-6-13(9-19)7-14(12)24-18(8-15(21)22)10-20(11-18)16(23)25-17(2,3)4/h5-7H,8,10-11H2,1-4H3,(H,21,22). The van der Waals surface area contributed by atoms with Crippen LogP contribution in [0.5, 0.6) is 5.75 Å². The first-order valence-corrected chi connectivity index (χ1v) is 7.93. The van der Waals surface area contributed by atoms with E-state index in [-0.39, 0.29) is 19.5 Å².